The molecule has 0 unspecified atom stereocenters. The van der Waals surface area contributed by atoms with Crippen molar-refractivity contribution < 1.29 is 4.79 Å². The summed E-state index contributed by atoms with van der Waals surface area (Å²) < 4.78 is 2.09. The minimum absolute atomic E-state index is 0.148. The first-order valence-electron chi connectivity index (χ1n) is 7.77. The third-order valence-corrected chi connectivity index (χ3v) is 4.14. The second-order valence-corrected chi connectivity index (χ2v) is 5.61. The number of nitrogens with one attached hydrogen (secondary N) is 2. The predicted octanol–water partition coefficient (Wildman–Crippen LogP) is 2.86. The molecule has 4 rings (SSSR count). The number of amides is 1. The van der Waals surface area contributed by atoms with Crippen molar-refractivity contribution in [3.8, 4) is 11.4 Å². The number of nitrogens with zero attached hydrogens (tertiary/aromatic N) is 3. The molecule has 0 fully saturated rings. The van der Waals surface area contributed by atoms with Gasteiger partial charge in [-0.3, -0.25) is 4.79 Å². The molecule has 0 radical (unpaired) electrons. The summed E-state index contributed by atoms with van der Waals surface area (Å²) in [6.45, 7) is 0.908. The summed E-state index contributed by atoms with van der Waals surface area (Å²) in [6.07, 6.45) is 8.42. The Hall–Kier alpha value is -2.89. The predicted molar refractivity (Wildman–Crippen MR) is 87.1 cm³/mol. The molecule has 116 valence electrons. The number of rotatable bonds is 3. The van der Waals surface area contributed by atoms with Crippen LogP contribution in [0.25, 0.3) is 11.4 Å². The number of aromatic amines is 1. The maximum Gasteiger partial charge on any atom is 0.257 e. The third kappa shape index (κ3) is 2.52. The molecule has 0 saturated carbocycles. The van der Waals surface area contributed by atoms with Crippen molar-refractivity contribution in [2.75, 3.05) is 5.32 Å². The molecule has 0 spiro atoms. The van der Waals surface area contributed by atoms with Crippen molar-refractivity contribution in [3.63, 3.8) is 0 Å². The molecule has 3 heterocycles. The number of hydrogen-bond donors (Lipinski definition) is 2. The monoisotopic (exact) mass is 307 g/mol. The first-order chi connectivity index (χ1) is 11.3. The standard InChI is InChI=1S/C17H17N5O/c23-17(21-15-11-20-14-7-3-4-10-22(14)15)13-6-2-1-5-12(13)16-18-8-9-19-16/h1-2,5-6,8-9,11H,3-4,7,10H2,(H,18,19)(H,21,23). The molecule has 0 atom stereocenters. The third-order valence-electron chi connectivity index (χ3n) is 4.14. The Bertz CT molecular complexity index is 835. The maximum absolute atomic E-state index is 12.7. The fourth-order valence-corrected chi connectivity index (χ4v) is 3.00. The van der Waals surface area contributed by atoms with Crippen molar-refractivity contribution >= 4 is 11.7 Å². The van der Waals surface area contributed by atoms with E-state index in [-0.39, 0.29) is 5.91 Å². The van der Waals surface area contributed by atoms with Crippen LogP contribution in [0.5, 0.6) is 0 Å². The van der Waals surface area contributed by atoms with E-state index in [1.165, 1.54) is 0 Å². The van der Waals surface area contributed by atoms with Crippen LogP contribution in [0.1, 0.15) is 29.0 Å². The summed E-state index contributed by atoms with van der Waals surface area (Å²) in [4.78, 5) is 24.4. The van der Waals surface area contributed by atoms with Gasteiger partial charge in [-0.05, 0) is 18.9 Å². The molecule has 0 aliphatic carbocycles. The van der Waals surface area contributed by atoms with Gasteiger partial charge in [0.05, 0.1) is 11.8 Å². The molecule has 0 saturated heterocycles. The largest absolute Gasteiger partial charge is 0.345 e. The van der Waals surface area contributed by atoms with Crippen molar-refractivity contribution in [2.24, 2.45) is 0 Å². The molecule has 6 heteroatoms. The Morgan fingerprint density at radius 1 is 1.22 bits per heavy atom. The van der Waals surface area contributed by atoms with Crippen molar-refractivity contribution in [3.05, 3.63) is 54.2 Å². The normalized spacial score (nSPS) is 13.6. The second-order valence-electron chi connectivity index (χ2n) is 5.61. The van der Waals surface area contributed by atoms with Crippen LogP contribution in [0.4, 0.5) is 5.82 Å². The van der Waals surface area contributed by atoms with Crippen LogP contribution < -0.4 is 5.32 Å². The zero-order valence-electron chi connectivity index (χ0n) is 12.6. The zero-order chi connectivity index (χ0) is 15.6. The molecule has 6 nitrogen and oxygen atoms in total. The van der Waals surface area contributed by atoms with E-state index in [1.807, 2.05) is 18.2 Å². The molecule has 2 N–H and O–H groups in total. The highest BCUT2D eigenvalue weighted by molar-refractivity contribution is 6.07. The van der Waals surface area contributed by atoms with Crippen LogP contribution in [0.3, 0.4) is 0 Å². The van der Waals surface area contributed by atoms with Crippen LogP contribution >= 0.6 is 0 Å². The second kappa shape index (κ2) is 5.72. The smallest absolute Gasteiger partial charge is 0.257 e. The van der Waals surface area contributed by atoms with E-state index in [2.05, 4.69) is 24.8 Å². The van der Waals surface area contributed by atoms with Gasteiger partial charge in [0.15, 0.2) is 0 Å². The number of carbonyl (C=O) groups excluding carboxylic acids is 1. The van der Waals surface area contributed by atoms with E-state index in [0.29, 0.717) is 11.4 Å². The van der Waals surface area contributed by atoms with Gasteiger partial charge in [0.1, 0.15) is 17.5 Å². The number of aryl methyl sites for hydroxylation is 1. The molecule has 23 heavy (non-hydrogen) atoms. The highest BCUT2D eigenvalue weighted by Gasteiger charge is 2.18. The molecule has 3 aromatic rings. The number of carbonyl (C=O) groups is 1. The van der Waals surface area contributed by atoms with Gasteiger partial charge < -0.3 is 14.9 Å². The summed E-state index contributed by atoms with van der Waals surface area (Å²) in [5, 5.41) is 2.99. The zero-order valence-corrected chi connectivity index (χ0v) is 12.6. The highest BCUT2D eigenvalue weighted by Crippen LogP contribution is 2.23. The number of aromatic nitrogens is 4. The minimum atomic E-state index is -0.148. The fraction of sp³-hybridized carbons (Fsp3) is 0.235. The number of hydrogen-bond acceptors (Lipinski definition) is 3. The number of benzene rings is 1. The molecule has 1 aromatic carbocycles. The Labute approximate surface area is 133 Å². The molecule has 1 amide bonds. The van der Waals surface area contributed by atoms with Gasteiger partial charge in [0, 0.05) is 30.9 Å². The minimum Gasteiger partial charge on any atom is -0.345 e. The van der Waals surface area contributed by atoms with Gasteiger partial charge in [-0.1, -0.05) is 18.2 Å². The Morgan fingerprint density at radius 3 is 3.00 bits per heavy atom. The van der Waals surface area contributed by atoms with Crippen LogP contribution in [0, 0.1) is 0 Å². The maximum atomic E-state index is 12.7. The average molecular weight is 307 g/mol. The lowest BCUT2D eigenvalue weighted by Gasteiger charge is -2.17. The number of imidazole rings is 2. The van der Waals surface area contributed by atoms with Gasteiger partial charge in [-0.2, -0.15) is 0 Å². The van der Waals surface area contributed by atoms with Crippen LogP contribution in [0.2, 0.25) is 0 Å². The van der Waals surface area contributed by atoms with Crippen LogP contribution in [-0.2, 0) is 13.0 Å². The van der Waals surface area contributed by atoms with Crippen LogP contribution in [-0.4, -0.2) is 25.4 Å². The Morgan fingerprint density at radius 2 is 2.13 bits per heavy atom. The van der Waals surface area contributed by atoms with E-state index in [1.54, 1.807) is 24.7 Å². The molecular weight excluding hydrogens is 290 g/mol. The molecule has 1 aliphatic heterocycles. The Kier molecular flexibility index (Phi) is 3.42. The van der Waals surface area contributed by atoms with E-state index in [4.69, 9.17) is 0 Å². The first-order valence-corrected chi connectivity index (χ1v) is 7.77. The number of fused-ring (bicyclic) bond motifs is 1. The van der Waals surface area contributed by atoms with E-state index >= 15 is 0 Å². The quantitative estimate of drug-likeness (QED) is 0.781. The molecular formula is C17H17N5O. The van der Waals surface area contributed by atoms with E-state index in [0.717, 1.165) is 43.0 Å². The van der Waals surface area contributed by atoms with Gasteiger partial charge in [-0.25, -0.2) is 9.97 Å². The molecule has 0 bridgehead atoms. The van der Waals surface area contributed by atoms with Gasteiger partial charge in [-0.15, -0.1) is 0 Å². The van der Waals surface area contributed by atoms with Gasteiger partial charge in [0.2, 0.25) is 0 Å². The summed E-state index contributed by atoms with van der Waals surface area (Å²) in [5.41, 5.74) is 1.38. The summed E-state index contributed by atoms with van der Waals surface area (Å²) >= 11 is 0. The average Bonchev–Trinajstić information content (AvgIpc) is 3.25. The Balaban J connectivity index is 1.64. The van der Waals surface area contributed by atoms with E-state index in [9.17, 15) is 4.79 Å². The SMILES string of the molecule is O=C(Nc1cnc2n1CCCC2)c1ccccc1-c1ncc[nH]1. The highest BCUT2D eigenvalue weighted by atomic mass is 16.1. The van der Waals surface area contributed by atoms with Crippen LogP contribution in [0.15, 0.2) is 42.9 Å². The lowest BCUT2D eigenvalue weighted by Crippen LogP contribution is -2.18. The fourth-order valence-electron chi connectivity index (χ4n) is 3.00. The molecule has 1 aliphatic rings. The lowest BCUT2D eigenvalue weighted by atomic mass is 10.1. The summed E-state index contributed by atoms with van der Waals surface area (Å²) in [7, 11) is 0. The number of H-pyrrole nitrogens is 1. The van der Waals surface area contributed by atoms with Crippen molar-refractivity contribution in [2.45, 2.75) is 25.8 Å². The molecule has 2 aromatic heterocycles. The van der Waals surface area contributed by atoms with Gasteiger partial charge in [0.25, 0.3) is 5.91 Å². The lowest BCUT2D eigenvalue weighted by molar-refractivity contribution is 0.102. The van der Waals surface area contributed by atoms with E-state index < -0.39 is 0 Å². The summed E-state index contributed by atoms with van der Waals surface area (Å²) in [6, 6.07) is 7.45. The summed E-state index contributed by atoms with van der Waals surface area (Å²) in [5.74, 6) is 2.35. The number of anilines is 1. The first kappa shape index (κ1) is 13.8. The van der Waals surface area contributed by atoms with Crippen molar-refractivity contribution in [1.29, 1.82) is 0 Å². The van der Waals surface area contributed by atoms with Crippen molar-refractivity contribution in [1.82, 2.24) is 19.5 Å². The van der Waals surface area contributed by atoms with Gasteiger partial charge >= 0.3 is 0 Å². The topological polar surface area (TPSA) is 75.6 Å².